The average Bonchev–Trinajstić information content (AvgIpc) is 2.87. The Labute approximate surface area is 113 Å². The van der Waals surface area contributed by atoms with E-state index in [2.05, 4.69) is 12.2 Å². The van der Waals surface area contributed by atoms with E-state index in [-0.39, 0.29) is 12.1 Å². The summed E-state index contributed by atoms with van der Waals surface area (Å²) in [4.78, 5) is 0. The summed E-state index contributed by atoms with van der Waals surface area (Å²) in [5.41, 5.74) is 0.682. The minimum absolute atomic E-state index is 0.128. The summed E-state index contributed by atoms with van der Waals surface area (Å²) >= 11 is 0. The van der Waals surface area contributed by atoms with Crippen LogP contribution in [0.5, 0.6) is 0 Å². The van der Waals surface area contributed by atoms with Crippen molar-refractivity contribution in [3.8, 4) is 0 Å². The summed E-state index contributed by atoms with van der Waals surface area (Å²) in [5, 5.41) is 3.43. The highest BCUT2D eigenvalue weighted by atomic mass is 19.1. The number of nitrogens with one attached hydrogen (secondary N) is 1. The van der Waals surface area contributed by atoms with E-state index in [1.165, 1.54) is 12.1 Å². The predicted molar refractivity (Wildman–Crippen MR) is 71.1 cm³/mol. The molecule has 1 aliphatic rings. The van der Waals surface area contributed by atoms with Gasteiger partial charge in [0.2, 0.25) is 0 Å². The lowest BCUT2D eigenvalue weighted by Gasteiger charge is -2.24. The fraction of sp³-hybridized carbons (Fsp3) is 0.600. The number of hydrogen-bond acceptors (Lipinski definition) is 2. The summed E-state index contributed by atoms with van der Waals surface area (Å²) in [7, 11) is 0. The highest BCUT2D eigenvalue weighted by Crippen LogP contribution is 2.19. The fourth-order valence-corrected chi connectivity index (χ4v) is 2.57. The monoisotopic (exact) mass is 269 g/mol. The third kappa shape index (κ3) is 4.25. The van der Waals surface area contributed by atoms with E-state index in [4.69, 9.17) is 4.74 Å². The van der Waals surface area contributed by atoms with Crippen molar-refractivity contribution in [1.29, 1.82) is 0 Å². The zero-order valence-corrected chi connectivity index (χ0v) is 11.3. The first-order valence-corrected chi connectivity index (χ1v) is 6.99. The molecule has 1 N–H and O–H groups in total. The van der Waals surface area contributed by atoms with Crippen LogP contribution in [0, 0.1) is 11.6 Å². The summed E-state index contributed by atoms with van der Waals surface area (Å²) in [6.07, 6.45) is 3.85. The van der Waals surface area contributed by atoms with E-state index >= 15 is 0 Å². The Bertz CT molecular complexity index is 385. The molecular formula is C15H21F2NO. The maximum atomic E-state index is 13.2. The molecule has 0 saturated carbocycles. The van der Waals surface area contributed by atoms with Crippen LogP contribution in [-0.4, -0.2) is 25.3 Å². The molecule has 0 aromatic heterocycles. The van der Waals surface area contributed by atoms with Crippen molar-refractivity contribution in [1.82, 2.24) is 5.32 Å². The Morgan fingerprint density at radius 1 is 1.32 bits per heavy atom. The van der Waals surface area contributed by atoms with E-state index < -0.39 is 11.6 Å². The molecule has 2 atom stereocenters. The van der Waals surface area contributed by atoms with Gasteiger partial charge in [-0.3, -0.25) is 0 Å². The lowest BCUT2D eigenvalue weighted by molar-refractivity contribution is 0.0783. The molecule has 0 spiro atoms. The number of benzene rings is 1. The van der Waals surface area contributed by atoms with E-state index in [0.29, 0.717) is 12.0 Å². The molecule has 0 bridgehead atoms. The molecule has 1 aromatic carbocycles. The summed E-state index contributed by atoms with van der Waals surface area (Å²) in [5.74, 6) is -1.03. The smallest absolute Gasteiger partial charge is 0.126 e. The summed E-state index contributed by atoms with van der Waals surface area (Å²) in [6.45, 7) is 3.77. The molecule has 2 rings (SSSR count). The molecule has 1 aromatic rings. The second-order valence-corrected chi connectivity index (χ2v) is 5.09. The number of hydrogen-bond donors (Lipinski definition) is 1. The third-order valence-corrected chi connectivity index (χ3v) is 3.45. The first-order valence-electron chi connectivity index (χ1n) is 6.99. The van der Waals surface area contributed by atoms with Crippen LogP contribution < -0.4 is 5.32 Å². The normalized spacial score (nSPS) is 20.7. The molecule has 2 unspecified atom stereocenters. The van der Waals surface area contributed by atoms with Crippen LogP contribution in [0.15, 0.2) is 18.2 Å². The topological polar surface area (TPSA) is 21.3 Å². The van der Waals surface area contributed by atoms with Crippen LogP contribution >= 0.6 is 0 Å². The minimum Gasteiger partial charge on any atom is -0.377 e. The first-order chi connectivity index (χ1) is 9.19. The van der Waals surface area contributed by atoms with Crippen LogP contribution in [0.2, 0.25) is 0 Å². The van der Waals surface area contributed by atoms with Gasteiger partial charge in [0, 0.05) is 18.7 Å². The van der Waals surface area contributed by atoms with Gasteiger partial charge in [-0.15, -0.1) is 0 Å². The average molecular weight is 269 g/mol. The van der Waals surface area contributed by atoms with Crippen LogP contribution in [0.3, 0.4) is 0 Å². The SMILES string of the molecule is CCCNC(Cc1cc(F)cc(F)c1)C1CCCO1. The number of halogens is 2. The molecule has 2 nitrogen and oxygen atoms in total. The Morgan fingerprint density at radius 3 is 2.63 bits per heavy atom. The second-order valence-electron chi connectivity index (χ2n) is 5.09. The van der Waals surface area contributed by atoms with Crippen molar-refractivity contribution in [3.05, 3.63) is 35.4 Å². The molecule has 0 amide bonds. The van der Waals surface area contributed by atoms with Crippen LogP contribution in [-0.2, 0) is 11.2 Å². The Balaban J connectivity index is 2.05. The van der Waals surface area contributed by atoms with Crippen molar-refractivity contribution < 1.29 is 13.5 Å². The predicted octanol–water partition coefficient (Wildman–Crippen LogP) is 3.05. The lowest BCUT2D eigenvalue weighted by atomic mass is 9.99. The fourth-order valence-electron chi connectivity index (χ4n) is 2.57. The van der Waals surface area contributed by atoms with Gasteiger partial charge in [0.15, 0.2) is 0 Å². The Morgan fingerprint density at radius 2 is 2.05 bits per heavy atom. The van der Waals surface area contributed by atoms with Crippen LogP contribution in [0.1, 0.15) is 31.7 Å². The maximum absolute atomic E-state index is 13.2. The van der Waals surface area contributed by atoms with E-state index in [0.717, 1.165) is 38.5 Å². The highest BCUT2D eigenvalue weighted by molar-refractivity contribution is 5.19. The Hall–Kier alpha value is -1.00. The van der Waals surface area contributed by atoms with Gasteiger partial charge >= 0.3 is 0 Å². The van der Waals surface area contributed by atoms with E-state index in [1.54, 1.807) is 0 Å². The number of ether oxygens (including phenoxy) is 1. The minimum atomic E-state index is -0.517. The molecule has 0 aliphatic carbocycles. The quantitative estimate of drug-likeness (QED) is 0.857. The molecule has 1 fully saturated rings. The first kappa shape index (κ1) is 14.4. The second kappa shape index (κ2) is 6.96. The summed E-state index contributed by atoms with van der Waals surface area (Å²) < 4.78 is 32.1. The largest absolute Gasteiger partial charge is 0.377 e. The maximum Gasteiger partial charge on any atom is 0.126 e. The van der Waals surface area contributed by atoms with Gasteiger partial charge in [-0.2, -0.15) is 0 Å². The summed E-state index contributed by atoms with van der Waals surface area (Å²) in [6, 6.07) is 3.84. The third-order valence-electron chi connectivity index (χ3n) is 3.45. The van der Waals surface area contributed by atoms with Crippen molar-refractivity contribution in [2.24, 2.45) is 0 Å². The molecule has 1 saturated heterocycles. The van der Waals surface area contributed by atoms with Crippen LogP contribution in [0.25, 0.3) is 0 Å². The molecular weight excluding hydrogens is 248 g/mol. The van der Waals surface area contributed by atoms with Crippen molar-refractivity contribution >= 4 is 0 Å². The lowest BCUT2D eigenvalue weighted by Crippen LogP contribution is -2.41. The standard InChI is InChI=1S/C15H21F2NO/c1-2-5-18-14(15-4-3-6-19-15)9-11-7-12(16)10-13(17)8-11/h7-8,10,14-15,18H,2-6,9H2,1H3. The highest BCUT2D eigenvalue weighted by Gasteiger charge is 2.25. The van der Waals surface area contributed by atoms with Crippen molar-refractivity contribution in [2.75, 3.05) is 13.2 Å². The van der Waals surface area contributed by atoms with Gasteiger partial charge in [0.05, 0.1) is 6.10 Å². The van der Waals surface area contributed by atoms with Gasteiger partial charge in [0.1, 0.15) is 11.6 Å². The number of rotatable bonds is 6. The molecule has 1 aliphatic heterocycles. The molecule has 4 heteroatoms. The van der Waals surface area contributed by atoms with Gasteiger partial charge in [-0.1, -0.05) is 6.92 Å². The van der Waals surface area contributed by atoms with Crippen molar-refractivity contribution in [2.45, 2.75) is 44.8 Å². The molecule has 0 radical (unpaired) electrons. The van der Waals surface area contributed by atoms with Gasteiger partial charge in [-0.25, -0.2) is 8.78 Å². The van der Waals surface area contributed by atoms with Crippen LogP contribution in [0.4, 0.5) is 8.78 Å². The van der Waals surface area contributed by atoms with E-state index in [1.807, 2.05) is 0 Å². The van der Waals surface area contributed by atoms with E-state index in [9.17, 15) is 8.78 Å². The molecule has 1 heterocycles. The Kier molecular flexibility index (Phi) is 5.28. The molecule has 106 valence electrons. The van der Waals surface area contributed by atoms with Gasteiger partial charge < -0.3 is 10.1 Å². The van der Waals surface area contributed by atoms with Crippen molar-refractivity contribution in [3.63, 3.8) is 0 Å². The zero-order chi connectivity index (χ0) is 13.7. The van der Waals surface area contributed by atoms with Gasteiger partial charge in [-0.05, 0) is 49.9 Å². The zero-order valence-electron chi connectivity index (χ0n) is 11.3. The van der Waals surface area contributed by atoms with Gasteiger partial charge in [0.25, 0.3) is 0 Å². The molecule has 19 heavy (non-hydrogen) atoms.